The SMILES string of the molecule is C=C1COC2(OC3CC4C5CC=C6CC(O)CC(O)C6(C)C5CCC4(C)C3C2C)C(O)C1O. The van der Waals surface area contributed by atoms with Crippen molar-refractivity contribution in [2.45, 2.75) is 95.6 Å². The van der Waals surface area contributed by atoms with Crippen LogP contribution in [-0.2, 0) is 9.47 Å². The molecule has 0 aromatic rings. The lowest BCUT2D eigenvalue weighted by Gasteiger charge is -2.59. The van der Waals surface area contributed by atoms with Crippen molar-refractivity contribution in [1.29, 1.82) is 0 Å². The molecule has 33 heavy (non-hydrogen) atoms. The van der Waals surface area contributed by atoms with E-state index in [0.717, 1.165) is 25.7 Å². The molecule has 6 heteroatoms. The molecule has 6 rings (SSSR count). The Kier molecular flexibility index (Phi) is 4.91. The minimum absolute atomic E-state index is 0.00162. The summed E-state index contributed by atoms with van der Waals surface area (Å²) in [6.07, 6.45) is 4.46. The van der Waals surface area contributed by atoms with Crippen LogP contribution in [0.2, 0.25) is 0 Å². The molecule has 0 radical (unpaired) electrons. The molecule has 2 saturated heterocycles. The minimum atomic E-state index is -1.16. The Morgan fingerprint density at radius 1 is 1.09 bits per heavy atom. The third kappa shape index (κ3) is 2.71. The lowest BCUT2D eigenvalue weighted by molar-refractivity contribution is -0.315. The summed E-state index contributed by atoms with van der Waals surface area (Å²) in [4.78, 5) is 0. The van der Waals surface area contributed by atoms with Gasteiger partial charge in [-0.15, -0.1) is 0 Å². The van der Waals surface area contributed by atoms with Gasteiger partial charge >= 0.3 is 0 Å². The molecule has 5 fully saturated rings. The summed E-state index contributed by atoms with van der Waals surface area (Å²) in [5, 5.41) is 42.9. The predicted octanol–water partition coefficient (Wildman–Crippen LogP) is 2.55. The van der Waals surface area contributed by atoms with Crippen LogP contribution in [0.1, 0.15) is 59.3 Å². The van der Waals surface area contributed by atoms with E-state index < -0.39 is 30.2 Å². The molecule has 1 spiro atoms. The van der Waals surface area contributed by atoms with Gasteiger partial charge in [-0.1, -0.05) is 39.0 Å². The fourth-order valence-electron chi connectivity index (χ4n) is 9.66. The van der Waals surface area contributed by atoms with E-state index in [1.807, 2.05) is 0 Å². The summed E-state index contributed by atoms with van der Waals surface area (Å²) in [5.74, 6) is 0.452. The number of rotatable bonds is 0. The molecule has 13 atom stereocenters. The molecule has 0 aromatic heterocycles. The number of hydrogen-bond acceptors (Lipinski definition) is 6. The molecule has 0 bridgehead atoms. The second-order valence-corrected chi connectivity index (χ2v) is 12.5. The van der Waals surface area contributed by atoms with Crippen LogP contribution in [0.4, 0.5) is 0 Å². The summed E-state index contributed by atoms with van der Waals surface area (Å²) in [7, 11) is 0. The highest BCUT2D eigenvalue weighted by molar-refractivity contribution is 5.28. The van der Waals surface area contributed by atoms with Crippen LogP contribution in [0.25, 0.3) is 0 Å². The van der Waals surface area contributed by atoms with Gasteiger partial charge in [0.05, 0.1) is 24.9 Å². The Morgan fingerprint density at radius 2 is 1.85 bits per heavy atom. The first-order chi connectivity index (χ1) is 15.5. The van der Waals surface area contributed by atoms with Crippen LogP contribution in [-0.4, -0.2) is 63.3 Å². The Hall–Kier alpha value is -0.760. The highest BCUT2D eigenvalue weighted by Crippen LogP contribution is 2.70. The number of fused-ring (bicyclic) bond motifs is 7. The monoisotopic (exact) mass is 460 g/mol. The summed E-state index contributed by atoms with van der Waals surface area (Å²) >= 11 is 0. The molecule has 4 aliphatic carbocycles. The third-order valence-corrected chi connectivity index (χ3v) is 11.4. The molecule has 6 nitrogen and oxygen atoms in total. The molecule has 2 aliphatic heterocycles. The molecule has 13 unspecified atom stereocenters. The zero-order valence-corrected chi connectivity index (χ0v) is 20.1. The van der Waals surface area contributed by atoms with E-state index >= 15 is 0 Å². The van der Waals surface area contributed by atoms with Gasteiger partial charge in [-0.2, -0.15) is 0 Å². The first-order valence-electron chi connectivity index (χ1n) is 12.9. The zero-order valence-electron chi connectivity index (χ0n) is 20.1. The average molecular weight is 461 g/mol. The third-order valence-electron chi connectivity index (χ3n) is 11.4. The lowest BCUT2D eigenvalue weighted by atomic mass is 9.46. The highest BCUT2D eigenvalue weighted by atomic mass is 16.7. The predicted molar refractivity (Wildman–Crippen MR) is 122 cm³/mol. The van der Waals surface area contributed by atoms with E-state index in [1.54, 1.807) is 0 Å². The smallest absolute Gasteiger partial charge is 0.200 e. The molecule has 3 saturated carbocycles. The fraction of sp³-hybridized carbons (Fsp3) is 0.852. The molecule has 184 valence electrons. The maximum absolute atomic E-state index is 11.1. The van der Waals surface area contributed by atoms with E-state index in [1.165, 1.54) is 5.57 Å². The number of aliphatic hydroxyl groups is 4. The summed E-state index contributed by atoms with van der Waals surface area (Å²) in [6.45, 7) is 10.8. The maximum atomic E-state index is 11.1. The Balaban J connectivity index is 1.31. The Bertz CT molecular complexity index is 886. The standard InChI is InChI=1S/C27H40O6/c1-13-12-32-27(24(31)23(13)30)14(2)22-20(33-27)11-19-17-6-5-15-9-16(28)10-21(29)26(15,4)18(17)7-8-25(19,22)3/h5,14,16-24,28-31H,1,6-12H2,2-4H3. The van der Waals surface area contributed by atoms with Crippen molar-refractivity contribution in [3.63, 3.8) is 0 Å². The van der Waals surface area contributed by atoms with Gasteiger partial charge in [-0.05, 0) is 66.8 Å². The van der Waals surface area contributed by atoms with E-state index in [2.05, 4.69) is 33.4 Å². The van der Waals surface area contributed by atoms with Gasteiger partial charge in [0.25, 0.3) is 0 Å². The van der Waals surface area contributed by atoms with E-state index in [0.29, 0.717) is 36.2 Å². The summed E-state index contributed by atoms with van der Waals surface area (Å²) in [6, 6.07) is 0. The molecule has 0 aromatic carbocycles. The van der Waals surface area contributed by atoms with E-state index in [9.17, 15) is 20.4 Å². The molecule has 6 aliphatic rings. The number of hydrogen-bond donors (Lipinski definition) is 4. The molecule has 4 N–H and O–H groups in total. The van der Waals surface area contributed by atoms with Crippen molar-refractivity contribution in [3.05, 3.63) is 23.8 Å². The summed E-state index contributed by atoms with van der Waals surface area (Å²) < 4.78 is 12.7. The van der Waals surface area contributed by atoms with Gasteiger partial charge in [-0.3, -0.25) is 0 Å². The fourth-order valence-corrected chi connectivity index (χ4v) is 9.66. The van der Waals surface area contributed by atoms with Gasteiger partial charge in [-0.25, -0.2) is 0 Å². The van der Waals surface area contributed by atoms with Gasteiger partial charge in [0.2, 0.25) is 5.79 Å². The van der Waals surface area contributed by atoms with E-state index in [-0.39, 0.29) is 35.4 Å². The largest absolute Gasteiger partial charge is 0.393 e. The summed E-state index contributed by atoms with van der Waals surface area (Å²) in [5.41, 5.74) is 1.58. The van der Waals surface area contributed by atoms with Crippen LogP contribution in [0.3, 0.4) is 0 Å². The van der Waals surface area contributed by atoms with Crippen LogP contribution in [0.15, 0.2) is 23.8 Å². The van der Waals surface area contributed by atoms with Crippen LogP contribution < -0.4 is 0 Å². The van der Waals surface area contributed by atoms with Crippen molar-refractivity contribution in [1.82, 2.24) is 0 Å². The average Bonchev–Trinajstić information content (AvgIpc) is 3.22. The molecular formula is C27H40O6. The number of aliphatic hydroxyl groups excluding tert-OH is 4. The van der Waals surface area contributed by atoms with Gasteiger partial charge < -0.3 is 29.9 Å². The van der Waals surface area contributed by atoms with Crippen molar-refractivity contribution < 1.29 is 29.9 Å². The molecule has 2 heterocycles. The Morgan fingerprint density at radius 3 is 2.61 bits per heavy atom. The maximum Gasteiger partial charge on any atom is 0.200 e. The van der Waals surface area contributed by atoms with Crippen molar-refractivity contribution in [2.24, 2.45) is 40.4 Å². The topological polar surface area (TPSA) is 99.4 Å². The quantitative estimate of drug-likeness (QED) is 0.415. The highest BCUT2D eigenvalue weighted by Gasteiger charge is 2.71. The van der Waals surface area contributed by atoms with E-state index in [4.69, 9.17) is 9.47 Å². The molecular weight excluding hydrogens is 420 g/mol. The number of ether oxygens (including phenoxy) is 2. The number of allylic oxidation sites excluding steroid dienone is 1. The van der Waals surface area contributed by atoms with Crippen LogP contribution in [0.5, 0.6) is 0 Å². The first-order valence-corrected chi connectivity index (χ1v) is 12.9. The Labute approximate surface area is 196 Å². The van der Waals surface area contributed by atoms with Crippen LogP contribution >= 0.6 is 0 Å². The second-order valence-electron chi connectivity index (χ2n) is 12.5. The van der Waals surface area contributed by atoms with Crippen molar-refractivity contribution in [2.75, 3.05) is 6.61 Å². The lowest BCUT2D eigenvalue weighted by Crippen LogP contribution is -2.60. The minimum Gasteiger partial charge on any atom is -0.393 e. The second kappa shape index (κ2) is 7.14. The van der Waals surface area contributed by atoms with Crippen molar-refractivity contribution >= 4 is 0 Å². The van der Waals surface area contributed by atoms with Crippen LogP contribution in [0, 0.1) is 40.4 Å². The zero-order chi connectivity index (χ0) is 23.5. The molecule has 0 amide bonds. The normalized spacial score (nSPS) is 60.1. The van der Waals surface area contributed by atoms with Gasteiger partial charge in [0.1, 0.15) is 12.2 Å². The van der Waals surface area contributed by atoms with Gasteiger partial charge in [0, 0.05) is 17.8 Å². The van der Waals surface area contributed by atoms with Gasteiger partial charge in [0.15, 0.2) is 0 Å². The first kappa shape index (κ1) is 22.7. The van der Waals surface area contributed by atoms with Crippen molar-refractivity contribution in [3.8, 4) is 0 Å².